The highest BCUT2D eigenvalue weighted by atomic mass is 16.2. The van der Waals surface area contributed by atoms with Gasteiger partial charge in [0.05, 0.1) is 12.2 Å². The molecule has 130 valence electrons. The first kappa shape index (κ1) is 16.7. The number of carbonyl (C=O) groups excluding carboxylic acids is 3. The van der Waals surface area contributed by atoms with Crippen molar-refractivity contribution < 1.29 is 14.4 Å². The number of aromatic nitrogens is 2. The summed E-state index contributed by atoms with van der Waals surface area (Å²) in [6.07, 6.45) is 3.92. The highest BCUT2D eigenvalue weighted by Gasteiger charge is 2.38. The Hall–Kier alpha value is -3.16. The van der Waals surface area contributed by atoms with Crippen molar-refractivity contribution in [3.05, 3.63) is 48.8 Å². The predicted molar refractivity (Wildman–Crippen MR) is 90.7 cm³/mol. The number of imide groups is 1. The monoisotopic (exact) mass is 341 g/mol. The van der Waals surface area contributed by atoms with Crippen molar-refractivity contribution >= 4 is 23.5 Å². The molecule has 1 fully saturated rings. The highest BCUT2D eigenvalue weighted by molar-refractivity contribution is 6.21. The van der Waals surface area contributed by atoms with Crippen LogP contribution in [0.2, 0.25) is 0 Å². The molecule has 0 unspecified atom stereocenters. The van der Waals surface area contributed by atoms with Crippen molar-refractivity contribution in [2.75, 3.05) is 11.4 Å². The van der Waals surface area contributed by atoms with Crippen LogP contribution in [0.1, 0.15) is 12.8 Å². The van der Waals surface area contributed by atoms with E-state index in [1.54, 1.807) is 35.1 Å². The van der Waals surface area contributed by atoms with Gasteiger partial charge in [-0.3, -0.25) is 14.3 Å². The Balaban J connectivity index is 1.46. The minimum atomic E-state index is -0.676. The third-order valence-corrected chi connectivity index (χ3v) is 3.92. The summed E-state index contributed by atoms with van der Waals surface area (Å²) >= 11 is 0. The van der Waals surface area contributed by atoms with E-state index in [4.69, 9.17) is 0 Å². The normalized spacial score (nSPS) is 16.8. The topological polar surface area (TPSA) is 96.3 Å². The average molecular weight is 341 g/mol. The molecular formula is C17H19N5O3. The summed E-state index contributed by atoms with van der Waals surface area (Å²) in [5, 5.41) is 9.45. The Kier molecular flexibility index (Phi) is 5.08. The van der Waals surface area contributed by atoms with E-state index in [0.29, 0.717) is 18.8 Å². The van der Waals surface area contributed by atoms with E-state index in [1.165, 1.54) is 0 Å². The number of benzene rings is 1. The molecule has 1 aliphatic rings. The Morgan fingerprint density at radius 2 is 2.00 bits per heavy atom. The van der Waals surface area contributed by atoms with Crippen LogP contribution in [0.25, 0.3) is 0 Å². The number of anilines is 1. The maximum Gasteiger partial charge on any atom is 0.329 e. The van der Waals surface area contributed by atoms with Gasteiger partial charge in [-0.25, -0.2) is 9.69 Å². The van der Waals surface area contributed by atoms with E-state index >= 15 is 0 Å². The minimum absolute atomic E-state index is 0.160. The second kappa shape index (κ2) is 7.61. The SMILES string of the molecule is O=C(CC[C@H]1NC(=O)N(c2ccccc2)C1=O)NCCn1cccn1. The minimum Gasteiger partial charge on any atom is -0.354 e. The van der Waals surface area contributed by atoms with Gasteiger partial charge in [-0.15, -0.1) is 0 Å². The third-order valence-electron chi connectivity index (χ3n) is 3.92. The fourth-order valence-electron chi connectivity index (χ4n) is 2.65. The zero-order chi connectivity index (χ0) is 17.6. The Morgan fingerprint density at radius 3 is 2.72 bits per heavy atom. The largest absolute Gasteiger partial charge is 0.354 e. The number of nitrogens with one attached hydrogen (secondary N) is 2. The van der Waals surface area contributed by atoms with Gasteiger partial charge in [-0.05, 0) is 24.6 Å². The van der Waals surface area contributed by atoms with Crippen molar-refractivity contribution in [3.8, 4) is 0 Å². The van der Waals surface area contributed by atoms with Gasteiger partial charge in [0.1, 0.15) is 6.04 Å². The van der Waals surface area contributed by atoms with Crippen LogP contribution in [0, 0.1) is 0 Å². The molecule has 8 nitrogen and oxygen atoms in total. The molecule has 0 aliphatic carbocycles. The smallest absolute Gasteiger partial charge is 0.329 e. The molecule has 2 aromatic rings. The lowest BCUT2D eigenvalue weighted by Crippen LogP contribution is -2.33. The van der Waals surface area contributed by atoms with Crippen molar-refractivity contribution in [1.82, 2.24) is 20.4 Å². The van der Waals surface area contributed by atoms with E-state index in [0.717, 1.165) is 4.90 Å². The fourth-order valence-corrected chi connectivity index (χ4v) is 2.65. The van der Waals surface area contributed by atoms with Gasteiger partial charge in [0.2, 0.25) is 5.91 Å². The molecule has 1 aromatic carbocycles. The molecule has 2 heterocycles. The van der Waals surface area contributed by atoms with E-state index in [-0.39, 0.29) is 24.7 Å². The summed E-state index contributed by atoms with van der Waals surface area (Å²) in [6, 6.07) is 9.41. The van der Waals surface area contributed by atoms with Crippen LogP contribution in [-0.2, 0) is 16.1 Å². The third kappa shape index (κ3) is 4.03. The number of hydrogen-bond donors (Lipinski definition) is 2. The van der Waals surface area contributed by atoms with E-state index in [2.05, 4.69) is 15.7 Å². The van der Waals surface area contributed by atoms with Crippen LogP contribution in [0.5, 0.6) is 0 Å². The second-order valence-corrected chi connectivity index (χ2v) is 5.67. The number of hydrogen-bond acceptors (Lipinski definition) is 4. The van der Waals surface area contributed by atoms with E-state index < -0.39 is 12.1 Å². The number of nitrogens with zero attached hydrogens (tertiary/aromatic N) is 3. The Labute approximate surface area is 144 Å². The first-order valence-corrected chi connectivity index (χ1v) is 8.09. The molecule has 1 atom stereocenters. The quantitative estimate of drug-likeness (QED) is 0.732. The van der Waals surface area contributed by atoms with Crippen LogP contribution < -0.4 is 15.5 Å². The molecule has 25 heavy (non-hydrogen) atoms. The van der Waals surface area contributed by atoms with Gasteiger partial charge in [0.25, 0.3) is 5.91 Å². The van der Waals surface area contributed by atoms with Gasteiger partial charge in [0, 0.05) is 25.4 Å². The van der Waals surface area contributed by atoms with Crippen molar-refractivity contribution in [3.63, 3.8) is 0 Å². The maximum atomic E-state index is 12.4. The van der Waals surface area contributed by atoms with Gasteiger partial charge < -0.3 is 10.6 Å². The maximum absolute atomic E-state index is 12.4. The molecule has 8 heteroatoms. The molecule has 1 aromatic heterocycles. The lowest BCUT2D eigenvalue weighted by Gasteiger charge is -2.12. The molecule has 1 aliphatic heterocycles. The van der Waals surface area contributed by atoms with E-state index in [1.807, 2.05) is 18.3 Å². The summed E-state index contributed by atoms with van der Waals surface area (Å²) in [4.78, 5) is 37.4. The van der Waals surface area contributed by atoms with Crippen molar-refractivity contribution in [2.24, 2.45) is 0 Å². The van der Waals surface area contributed by atoms with Crippen molar-refractivity contribution in [2.45, 2.75) is 25.4 Å². The summed E-state index contributed by atoms with van der Waals surface area (Å²) in [7, 11) is 0. The Morgan fingerprint density at radius 1 is 1.20 bits per heavy atom. The summed E-state index contributed by atoms with van der Waals surface area (Å²) in [5.74, 6) is -0.493. The van der Waals surface area contributed by atoms with Gasteiger partial charge in [0.15, 0.2) is 0 Å². The number of rotatable bonds is 7. The molecule has 0 bridgehead atoms. The zero-order valence-corrected chi connectivity index (χ0v) is 13.6. The summed E-state index contributed by atoms with van der Waals surface area (Å²) in [5.41, 5.74) is 0.524. The van der Waals surface area contributed by atoms with E-state index in [9.17, 15) is 14.4 Å². The predicted octanol–water partition coefficient (Wildman–Crippen LogP) is 0.904. The lowest BCUT2D eigenvalue weighted by atomic mass is 10.1. The highest BCUT2D eigenvalue weighted by Crippen LogP contribution is 2.20. The van der Waals surface area contributed by atoms with Crippen molar-refractivity contribution in [1.29, 1.82) is 0 Å². The van der Waals surface area contributed by atoms with Crippen LogP contribution in [0.3, 0.4) is 0 Å². The summed E-state index contributed by atoms with van der Waals surface area (Å²) < 4.78 is 1.72. The molecule has 2 N–H and O–H groups in total. The average Bonchev–Trinajstić information content (AvgIpc) is 3.22. The lowest BCUT2D eigenvalue weighted by molar-refractivity contribution is -0.121. The molecule has 0 radical (unpaired) electrons. The molecule has 4 amide bonds. The van der Waals surface area contributed by atoms with Crippen LogP contribution >= 0.6 is 0 Å². The van der Waals surface area contributed by atoms with Gasteiger partial charge in [-0.2, -0.15) is 5.10 Å². The molecule has 3 rings (SSSR count). The Bertz CT molecular complexity index is 745. The van der Waals surface area contributed by atoms with Crippen LogP contribution in [-0.4, -0.2) is 40.2 Å². The fraction of sp³-hybridized carbons (Fsp3) is 0.294. The summed E-state index contributed by atoms with van der Waals surface area (Å²) in [6.45, 7) is 1.04. The molecule has 0 saturated carbocycles. The molecule has 0 spiro atoms. The van der Waals surface area contributed by atoms with Crippen LogP contribution in [0.4, 0.5) is 10.5 Å². The van der Waals surface area contributed by atoms with Gasteiger partial charge >= 0.3 is 6.03 Å². The number of amides is 4. The van der Waals surface area contributed by atoms with Crippen LogP contribution in [0.15, 0.2) is 48.8 Å². The zero-order valence-electron chi connectivity index (χ0n) is 13.6. The molecular weight excluding hydrogens is 322 g/mol. The standard InChI is InChI=1S/C17H19N5O3/c23-15(18-10-12-21-11-4-9-19-21)8-7-14-16(24)22(17(25)20-14)13-5-2-1-3-6-13/h1-6,9,11,14H,7-8,10,12H2,(H,18,23)(H,20,25)/t14-/m1/s1. The van der Waals surface area contributed by atoms with Gasteiger partial charge in [-0.1, -0.05) is 18.2 Å². The first-order chi connectivity index (χ1) is 12.1. The first-order valence-electron chi connectivity index (χ1n) is 8.09. The number of carbonyl (C=O) groups is 3. The second-order valence-electron chi connectivity index (χ2n) is 5.67. The molecule has 1 saturated heterocycles. The number of para-hydroxylation sites is 1. The number of urea groups is 1.